The van der Waals surface area contributed by atoms with Gasteiger partial charge in [-0.2, -0.15) is 0 Å². The number of hydrogen-bond acceptors (Lipinski definition) is 5. The van der Waals surface area contributed by atoms with E-state index in [-0.39, 0.29) is 5.97 Å². The Morgan fingerprint density at radius 3 is 2.04 bits per heavy atom. The normalized spacial score (nSPS) is 9.67. The van der Waals surface area contributed by atoms with Gasteiger partial charge >= 0.3 is 11.9 Å². The van der Waals surface area contributed by atoms with Crippen molar-refractivity contribution in [2.75, 3.05) is 13.2 Å². The second-order valence-electron chi connectivity index (χ2n) is 4.93. The number of aldehydes is 1. The number of carbonyl (C=O) groups excluding carboxylic acids is 3. The molecular formula is C17H22N2O5. The Balaban J connectivity index is 0.000000243. The fraction of sp³-hybridized carbons (Fsp3) is 0.353. The first-order chi connectivity index (χ1) is 11.4. The number of H-pyrrole nitrogens is 2. The Hall–Kier alpha value is -2.83. The summed E-state index contributed by atoms with van der Waals surface area (Å²) in [5.74, 6) is -0.723. The summed E-state index contributed by atoms with van der Waals surface area (Å²) in [6.45, 7) is 7.93. The van der Waals surface area contributed by atoms with Crippen molar-refractivity contribution >= 4 is 18.2 Å². The highest BCUT2D eigenvalue weighted by Gasteiger charge is 2.11. The third-order valence-electron chi connectivity index (χ3n) is 2.99. The molecule has 7 heteroatoms. The third kappa shape index (κ3) is 5.42. The number of nitrogens with one attached hydrogen (secondary N) is 2. The van der Waals surface area contributed by atoms with Gasteiger partial charge in [0.2, 0.25) is 0 Å². The molecule has 24 heavy (non-hydrogen) atoms. The Kier molecular flexibility index (Phi) is 7.48. The molecule has 0 radical (unpaired) electrons. The highest BCUT2D eigenvalue weighted by Crippen LogP contribution is 2.08. The molecular weight excluding hydrogens is 312 g/mol. The Morgan fingerprint density at radius 1 is 1.04 bits per heavy atom. The fourth-order valence-electron chi connectivity index (χ4n) is 1.84. The minimum atomic E-state index is -0.432. The quantitative estimate of drug-likeness (QED) is 0.647. The maximum Gasteiger partial charge on any atom is 0.354 e. The standard InChI is InChI=1S/C9H11NO3.C8H11NO2/c1-3-13-9(12)7-4-6(2)8(5-11)10-7;1-3-11-8(10)7-4-6(2)5-9-7/h4-5,10H,3H2,1-2H3;4-5,9H,3H2,1-2H3. The van der Waals surface area contributed by atoms with Gasteiger partial charge in [0.15, 0.2) is 6.29 Å². The van der Waals surface area contributed by atoms with Gasteiger partial charge in [-0.3, -0.25) is 4.79 Å². The molecule has 2 rings (SSSR count). The van der Waals surface area contributed by atoms with Crippen molar-refractivity contribution in [3.05, 3.63) is 46.5 Å². The number of aryl methyl sites for hydroxylation is 2. The van der Waals surface area contributed by atoms with E-state index in [9.17, 15) is 14.4 Å². The summed E-state index contributed by atoms with van der Waals surface area (Å²) >= 11 is 0. The summed E-state index contributed by atoms with van der Waals surface area (Å²) in [5, 5.41) is 0. The lowest BCUT2D eigenvalue weighted by molar-refractivity contribution is 0.0510. The molecule has 0 unspecified atom stereocenters. The van der Waals surface area contributed by atoms with E-state index >= 15 is 0 Å². The lowest BCUT2D eigenvalue weighted by Crippen LogP contribution is -2.04. The predicted octanol–water partition coefficient (Wildman–Crippen LogP) is 2.81. The Bertz CT molecular complexity index is 700. The van der Waals surface area contributed by atoms with Crippen LogP contribution in [0.4, 0.5) is 0 Å². The molecule has 2 aromatic rings. The van der Waals surface area contributed by atoms with Crippen molar-refractivity contribution in [1.82, 2.24) is 9.97 Å². The maximum absolute atomic E-state index is 11.2. The Morgan fingerprint density at radius 2 is 1.62 bits per heavy atom. The third-order valence-corrected chi connectivity index (χ3v) is 2.99. The molecule has 0 atom stereocenters. The molecule has 7 nitrogen and oxygen atoms in total. The highest BCUT2D eigenvalue weighted by atomic mass is 16.5. The van der Waals surface area contributed by atoms with Crippen molar-refractivity contribution in [2.24, 2.45) is 0 Å². The Labute approximate surface area is 140 Å². The topological polar surface area (TPSA) is 101 Å². The zero-order valence-electron chi connectivity index (χ0n) is 14.3. The van der Waals surface area contributed by atoms with E-state index < -0.39 is 5.97 Å². The summed E-state index contributed by atoms with van der Waals surface area (Å²) in [4.78, 5) is 38.1. The number of carbonyl (C=O) groups is 3. The van der Waals surface area contributed by atoms with Gasteiger partial charge in [0.05, 0.1) is 18.9 Å². The second-order valence-corrected chi connectivity index (χ2v) is 4.93. The van der Waals surface area contributed by atoms with Gasteiger partial charge in [-0.05, 0) is 51.0 Å². The van der Waals surface area contributed by atoms with Crippen LogP contribution in [0.25, 0.3) is 0 Å². The van der Waals surface area contributed by atoms with Gasteiger partial charge in [-0.25, -0.2) is 9.59 Å². The predicted molar refractivity (Wildman–Crippen MR) is 88.4 cm³/mol. The van der Waals surface area contributed by atoms with Crippen LogP contribution in [-0.2, 0) is 9.47 Å². The summed E-state index contributed by atoms with van der Waals surface area (Å²) < 4.78 is 9.53. The SMILES string of the molecule is CCOC(=O)c1cc(C)c(C=O)[nH]1.CCOC(=O)c1cc(C)c[nH]1. The van der Waals surface area contributed by atoms with Crippen molar-refractivity contribution in [3.8, 4) is 0 Å². The number of hydrogen-bond donors (Lipinski definition) is 2. The molecule has 2 N–H and O–H groups in total. The van der Waals surface area contributed by atoms with E-state index in [1.54, 1.807) is 39.1 Å². The zero-order valence-corrected chi connectivity index (χ0v) is 14.3. The van der Waals surface area contributed by atoms with Crippen LogP contribution in [0.1, 0.15) is 56.4 Å². The van der Waals surface area contributed by atoms with Crippen molar-refractivity contribution in [1.29, 1.82) is 0 Å². The van der Waals surface area contributed by atoms with Gasteiger partial charge in [-0.15, -0.1) is 0 Å². The van der Waals surface area contributed by atoms with Gasteiger partial charge in [0, 0.05) is 6.20 Å². The van der Waals surface area contributed by atoms with Gasteiger partial charge < -0.3 is 19.4 Å². The lowest BCUT2D eigenvalue weighted by Gasteiger charge is -1.96. The lowest BCUT2D eigenvalue weighted by atomic mass is 10.3. The summed E-state index contributed by atoms with van der Waals surface area (Å²) in [6.07, 6.45) is 2.45. The van der Waals surface area contributed by atoms with E-state index in [1.807, 2.05) is 6.92 Å². The molecule has 0 saturated carbocycles. The summed E-state index contributed by atoms with van der Waals surface area (Å²) in [6, 6.07) is 3.36. The van der Waals surface area contributed by atoms with E-state index in [2.05, 4.69) is 9.97 Å². The van der Waals surface area contributed by atoms with Crippen LogP contribution in [0, 0.1) is 13.8 Å². The molecule has 0 amide bonds. The van der Waals surface area contributed by atoms with Crippen LogP contribution in [0.15, 0.2) is 18.3 Å². The van der Waals surface area contributed by atoms with Gasteiger partial charge in [0.25, 0.3) is 0 Å². The first-order valence-corrected chi connectivity index (χ1v) is 7.56. The first-order valence-electron chi connectivity index (χ1n) is 7.56. The van der Waals surface area contributed by atoms with Crippen molar-refractivity contribution < 1.29 is 23.9 Å². The van der Waals surface area contributed by atoms with Gasteiger partial charge in [0.1, 0.15) is 11.4 Å². The second kappa shape index (κ2) is 9.34. The van der Waals surface area contributed by atoms with Gasteiger partial charge in [-0.1, -0.05) is 0 Å². The molecule has 130 valence electrons. The van der Waals surface area contributed by atoms with Crippen LogP contribution in [0.2, 0.25) is 0 Å². The number of esters is 2. The molecule has 0 aliphatic heterocycles. The van der Waals surface area contributed by atoms with Crippen LogP contribution in [-0.4, -0.2) is 41.4 Å². The minimum Gasteiger partial charge on any atom is -0.461 e. The van der Waals surface area contributed by atoms with E-state index in [0.29, 0.717) is 36.6 Å². The molecule has 0 saturated heterocycles. The van der Waals surface area contributed by atoms with E-state index in [4.69, 9.17) is 9.47 Å². The number of ether oxygens (including phenoxy) is 2. The molecule has 0 aliphatic rings. The van der Waals surface area contributed by atoms with E-state index in [0.717, 1.165) is 11.1 Å². The maximum atomic E-state index is 11.2. The van der Waals surface area contributed by atoms with Crippen LogP contribution in [0.3, 0.4) is 0 Å². The molecule has 2 heterocycles. The van der Waals surface area contributed by atoms with E-state index in [1.165, 1.54) is 0 Å². The monoisotopic (exact) mass is 334 g/mol. The molecule has 2 aromatic heterocycles. The molecule has 0 fully saturated rings. The minimum absolute atomic E-state index is 0.291. The average molecular weight is 334 g/mol. The van der Waals surface area contributed by atoms with Crippen molar-refractivity contribution in [3.63, 3.8) is 0 Å². The van der Waals surface area contributed by atoms with Crippen molar-refractivity contribution in [2.45, 2.75) is 27.7 Å². The molecule has 0 aromatic carbocycles. The highest BCUT2D eigenvalue weighted by molar-refractivity contribution is 5.90. The largest absolute Gasteiger partial charge is 0.461 e. The summed E-state index contributed by atoms with van der Waals surface area (Å²) in [5.41, 5.74) is 3.04. The summed E-state index contributed by atoms with van der Waals surface area (Å²) in [7, 11) is 0. The molecule has 0 spiro atoms. The smallest absolute Gasteiger partial charge is 0.354 e. The molecule has 0 aliphatic carbocycles. The average Bonchev–Trinajstić information content (AvgIpc) is 3.14. The first kappa shape index (κ1) is 19.2. The van der Waals surface area contributed by atoms with Crippen LogP contribution in [0.5, 0.6) is 0 Å². The fourth-order valence-corrected chi connectivity index (χ4v) is 1.84. The number of rotatable bonds is 5. The number of aromatic amines is 2. The molecule has 0 bridgehead atoms. The number of aromatic nitrogens is 2. The van der Waals surface area contributed by atoms with Crippen LogP contribution >= 0.6 is 0 Å². The van der Waals surface area contributed by atoms with Crippen LogP contribution < -0.4 is 0 Å². The zero-order chi connectivity index (χ0) is 18.1.